The van der Waals surface area contributed by atoms with E-state index in [1.807, 2.05) is 30.3 Å². The number of carbonyl (C=O) groups is 1. The predicted molar refractivity (Wildman–Crippen MR) is 69.7 cm³/mol. The first-order valence-corrected chi connectivity index (χ1v) is 6.55. The van der Waals surface area contributed by atoms with E-state index in [0.717, 1.165) is 44.6 Å². The van der Waals surface area contributed by atoms with E-state index in [1.165, 1.54) is 0 Å². The van der Waals surface area contributed by atoms with E-state index in [2.05, 4.69) is 5.32 Å². The van der Waals surface area contributed by atoms with Crippen molar-refractivity contribution in [2.24, 2.45) is 0 Å². The minimum Gasteiger partial charge on any atom is -0.442 e. The van der Waals surface area contributed by atoms with Crippen LogP contribution in [0.15, 0.2) is 30.3 Å². The Balaban J connectivity index is 1.74. The van der Waals surface area contributed by atoms with Crippen LogP contribution in [0.4, 0.5) is 10.5 Å². The molecule has 1 spiro atoms. The Bertz CT molecular complexity index is 427. The molecule has 1 aromatic carbocycles. The summed E-state index contributed by atoms with van der Waals surface area (Å²) in [6, 6.07) is 9.73. The third-order valence-corrected chi connectivity index (χ3v) is 3.90. The van der Waals surface area contributed by atoms with E-state index in [-0.39, 0.29) is 11.7 Å². The molecule has 4 heteroatoms. The summed E-state index contributed by atoms with van der Waals surface area (Å²) in [5.74, 6) is 0. The summed E-state index contributed by atoms with van der Waals surface area (Å²) < 4.78 is 5.73. The molecule has 0 bridgehead atoms. The normalized spacial score (nSPS) is 22.9. The molecule has 0 atom stereocenters. The molecule has 2 heterocycles. The van der Waals surface area contributed by atoms with Gasteiger partial charge in [-0.2, -0.15) is 0 Å². The average Bonchev–Trinajstić information content (AvgIpc) is 2.41. The molecular formula is C14H18N2O2. The van der Waals surface area contributed by atoms with Gasteiger partial charge >= 0.3 is 6.09 Å². The molecule has 4 nitrogen and oxygen atoms in total. The summed E-state index contributed by atoms with van der Waals surface area (Å²) >= 11 is 0. The lowest BCUT2D eigenvalue weighted by Crippen LogP contribution is -2.54. The minimum atomic E-state index is -0.215. The molecule has 0 aliphatic carbocycles. The van der Waals surface area contributed by atoms with Crippen molar-refractivity contribution in [1.82, 2.24) is 5.32 Å². The molecule has 2 saturated heterocycles. The van der Waals surface area contributed by atoms with E-state index in [1.54, 1.807) is 4.90 Å². The molecule has 0 radical (unpaired) electrons. The molecule has 0 unspecified atom stereocenters. The number of benzene rings is 1. The Hall–Kier alpha value is -1.55. The van der Waals surface area contributed by atoms with Gasteiger partial charge < -0.3 is 10.1 Å². The lowest BCUT2D eigenvalue weighted by Gasteiger charge is -2.43. The van der Waals surface area contributed by atoms with Gasteiger partial charge in [-0.05, 0) is 38.1 Å². The number of rotatable bonds is 1. The van der Waals surface area contributed by atoms with Gasteiger partial charge in [0.15, 0.2) is 0 Å². The number of amides is 1. The largest absolute Gasteiger partial charge is 0.442 e. The lowest BCUT2D eigenvalue weighted by atomic mass is 9.87. The molecule has 1 N–H and O–H groups in total. The monoisotopic (exact) mass is 246 g/mol. The van der Waals surface area contributed by atoms with Crippen LogP contribution in [0.25, 0.3) is 0 Å². The van der Waals surface area contributed by atoms with Gasteiger partial charge in [0.2, 0.25) is 0 Å². The van der Waals surface area contributed by atoms with Gasteiger partial charge in [-0.15, -0.1) is 0 Å². The van der Waals surface area contributed by atoms with Gasteiger partial charge in [0.25, 0.3) is 0 Å². The van der Waals surface area contributed by atoms with Crippen LogP contribution in [0.3, 0.4) is 0 Å². The summed E-state index contributed by atoms with van der Waals surface area (Å²) in [6.45, 7) is 2.64. The van der Waals surface area contributed by atoms with E-state index in [9.17, 15) is 4.79 Å². The van der Waals surface area contributed by atoms with Crippen molar-refractivity contribution in [3.8, 4) is 0 Å². The topological polar surface area (TPSA) is 41.6 Å². The minimum absolute atomic E-state index is 0.200. The fourth-order valence-electron chi connectivity index (χ4n) is 2.78. The highest BCUT2D eigenvalue weighted by Crippen LogP contribution is 2.33. The van der Waals surface area contributed by atoms with Crippen molar-refractivity contribution in [2.75, 3.05) is 24.5 Å². The third-order valence-electron chi connectivity index (χ3n) is 3.90. The van der Waals surface area contributed by atoms with Crippen LogP contribution in [-0.4, -0.2) is 31.3 Å². The molecule has 3 rings (SSSR count). The maximum Gasteiger partial charge on any atom is 0.414 e. The van der Waals surface area contributed by atoms with Gasteiger partial charge in [0.05, 0.1) is 0 Å². The van der Waals surface area contributed by atoms with Crippen LogP contribution in [0.5, 0.6) is 0 Å². The Morgan fingerprint density at radius 1 is 1.11 bits per heavy atom. The van der Waals surface area contributed by atoms with Crippen molar-refractivity contribution in [2.45, 2.75) is 24.9 Å². The SMILES string of the molecule is O=C1OC2(CCNCC2)CCN1c1ccccc1. The number of carbonyl (C=O) groups excluding carboxylic acids is 1. The van der Waals surface area contributed by atoms with E-state index in [0.29, 0.717) is 0 Å². The molecule has 96 valence electrons. The highest BCUT2D eigenvalue weighted by Gasteiger charge is 2.41. The molecule has 2 aliphatic rings. The van der Waals surface area contributed by atoms with Gasteiger partial charge in [-0.25, -0.2) is 4.79 Å². The van der Waals surface area contributed by atoms with Crippen LogP contribution in [0, 0.1) is 0 Å². The van der Waals surface area contributed by atoms with Crippen molar-refractivity contribution >= 4 is 11.8 Å². The second-order valence-corrected chi connectivity index (χ2v) is 5.04. The quantitative estimate of drug-likeness (QED) is 0.825. The Labute approximate surface area is 107 Å². The Morgan fingerprint density at radius 3 is 2.50 bits per heavy atom. The first-order valence-electron chi connectivity index (χ1n) is 6.55. The van der Waals surface area contributed by atoms with Crippen molar-refractivity contribution in [3.63, 3.8) is 0 Å². The van der Waals surface area contributed by atoms with Crippen LogP contribution in [0.1, 0.15) is 19.3 Å². The molecule has 18 heavy (non-hydrogen) atoms. The number of hydrogen-bond acceptors (Lipinski definition) is 3. The summed E-state index contributed by atoms with van der Waals surface area (Å²) in [4.78, 5) is 13.9. The number of para-hydroxylation sites is 1. The fourth-order valence-corrected chi connectivity index (χ4v) is 2.78. The zero-order valence-corrected chi connectivity index (χ0v) is 10.4. The summed E-state index contributed by atoms with van der Waals surface area (Å²) in [5.41, 5.74) is 0.708. The maximum atomic E-state index is 12.2. The fraction of sp³-hybridized carbons (Fsp3) is 0.500. The molecular weight excluding hydrogens is 228 g/mol. The number of hydrogen-bond donors (Lipinski definition) is 1. The van der Waals surface area contributed by atoms with Gasteiger partial charge in [0, 0.05) is 18.7 Å². The number of nitrogens with zero attached hydrogens (tertiary/aromatic N) is 1. The molecule has 2 fully saturated rings. The molecule has 1 aromatic rings. The summed E-state index contributed by atoms with van der Waals surface area (Å²) in [5, 5.41) is 3.31. The highest BCUT2D eigenvalue weighted by atomic mass is 16.6. The van der Waals surface area contributed by atoms with Gasteiger partial charge in [-0.3, -0.25) is 4.90 Å². The Morgan fingerprint density at radius 2 is 1.83 bits per heavy atom. The van der Waals surface area contributed by atoms with Gasteiger partial charge in [-0.1, -0.05) is 18.2 Å². The number of nitrogens with one attached hydrogen (secondary N) is 1. The summed E-state index contributed by atoms with van der Waals surface area (Å²) in [6.07, 6.45) is 2.59. The smallest absolute Gasteiger partial charge is 0.414 e. The second kappa shape index (κ2) is 4.61. The number of anilines is 1. The number of piperidine rings is 1. The Kier molecular flexibility index (Phi) is 2.96. The van der Waals surface area contributed by atoms with Crippen molar-refractivity contribution < 1.29 is 9.53 Å². The van der Waals surface area contributed by atoms with Crippen LogP contribution in [-0.2, 0) is 4.74 Å². The average molecular weight is 246 g/mol. The van der Waals surface area contributed by atoms with E-state index >= 15 is 0 Å². The first kappa shape index (κ1) is 11.5. The summed E-state index contributed by atoms with van der Waals surface area (Å²) in [7, 11) is 0. The zero-order chi connectivity index (χ0) is 12.4. The standard InChI is InChI=1S/C14H18N2O2/c17-13-16(12-4-2-1-3-5-12)11-8-14(18-13)6-9-15-10-7-14/h1-5,15H,6-11H2. The highest BCUT2D eigenvalue weighted by molar-refractivity contribution is 5.88. The zero-order valence-electron chi connectivity index (χ0n) is 10.4. The number of ether oxygens (including phenoxy) is 1. The first-order chi connectivity index (χ1) is 8.79. The van der Waals surface area contributed by atoms with Gasteiger partial charge in [0.1, 0.15) is 5.60 Å². The van der Waals surface area contributed by atoms with Crippen LogP contribution in [0.2, 0.25) is 0 Å². The third kappa shape index (κ3) is 2.08. The maximum absolute atomic E-state index is 12.2. The second-order valence-electron chi connectivity index (χ2n) is 5.04. The van der Waals surface area contributed by atoms with Crippen LogP contribution >= 0.6 is 0 Å². The molecule has 0 saturated carbocycles. The van der Waals surface area contributed by atoms with Crippen LogP contribution < -0.4 is 10.2 Å². The van der Waals surface area contributed by atoms with E-state index in [4.69, 9.17) is 4.74 Å². The predicted octanol–water partition coefficient (Wildman–Crippen LogP) is 2.16. The van der Waals surface area contributed by atoms with Crippen molar-refractivity contribution in [1.29, 1.82) is 0 Å². The van der Waals surface area contributed by atoms with Crippen molar-refractivity contribution in [3.05, 3.63) is 30.3 Å². The molecule has 2 aliphatic heterocycles. The lowest BCUT2D eigenvalue weighted by molar-refractivity contribution is -0.0261. The molecule has 0 aromatic heterocycles. The molecule has 1 amide bonds. The van der Waals surface area contributed by atoms with E-state index < -0.39 is 0 Å².